The highest BCUT2D eigenvalue weighted by Crippen LogP contribution is 2.24. The lowest BCUT2D eigenvalue weighted by atomic mass is 10.2. The molecule has 5 heteroatoms. The van der Waals surface area contributed by atoms with Crippen molar-refractivity contribution in [3.63, 3.8) is 0 Å². The third-order valence-corrected chi connectivity index (χ3v) is 2.66. The van der Waals surface area contributed by atoms with Gasteiger partial charge in [-0.3, -0.25) is 4.90 Å². The van der Waals surface area contributed by atoms with Crippen LogP contribution in [0.3, 0.4) is 0 Å². The van der Waals surface area contributed by atoms with Crippen molar-refractivity contribution >= 4 is 0 Å². The molecule has 0 bridgehead atoms. The number of morpholine rings is 1. The molecule has 1 fully saturated rings. The zero-order valence-electron chi connectivity index (χ0n) is 9.43. The molecule has 1 unspecified atom stereocenters. The van der Waals surface area contributed by atoms with Gasteiger partial charge < -0.3 is 9.15 Å². The Balaban J connectivity index is 2.17. The first-order valence-corrected chi connectivity index (χ1v) is 5.32. The molecule has 5 nitrogen and oxygen atoms in total. The van der Waals surface area contributed by atoms with Gasteiger partial charge in [0, 0.05) is 19.5 Å². The van der Waals surface area contributed by atoms with E-state index in [1.54, 1.807) is 6.92 Å². The Morgan fingerprint density at radius 1 is 1.40 bits per heavy atom. The molecular weight excluding hydrogens is 194 g/mol. The summed E-state index contributed by atoms with van der Waals surface area (Å²) in [6.07, 6.45) is 0. The van der Waals surface area contributed by atoms with E-state index in [1.807, 2.05) is 0 Å². The van der Waals surface area contributed by atoms with Gasteiger partial charge in [-0.2, -0.15) is 0 Å². The van der Waals surface area contributed by atoms with E-state index in [4.69, 9.17) is 9.15 Å². The van der Waals surface area contributed by atoms with Crippen molar-refractivity contribution in [2.24, 2.45) is 0 Å². The van der Waals surface area contributed by atoms with E-state index in [0.717, 1.165) is 13.2 Å². The van der Waals surface area contributed by atoms with Gasteiger partial charge >= 0.3 is 0 Å². The van der Waals surface area contributed by atoms with E-state index < -0.39 is 0 Å². The maximum absolute atomic E-state index is 5.46. The van der Waals surface area contributed by atoms with Gasteiger partial charge in [0.25, 0.3) is 0 Å². The van der Waals surface area contributed by atoms with Gasteiger partial charge in [-0.05, 0) is 13.8 Å². The van der Waals surface area contributed by atoms with Crippen molar-refractivity contribution in [2.75, 3.05) is 19.8 Å². The van der Waals surface area contributed by atoms with Crippen LogP contribution < -0.4 is 0 Å². The fraction of sp³-hybridized carbons (Fsp3) is 0.800. The third-order valence-electron chi connectivity index (χ3n) is 2.66. The summed E-state index contributed by atoms with van der Waals surface area (Å²) in [5, 5.41) is 7.92. The van der Waals surface area contributed by atoms with Crippen molar-refractivity contribution in [3.8, 4) is 0 Å². The van der Waals surface area contributed by atoms with Crippen LogP contribution in [0.2, 0.25) is 0 Å². The van der Waals surface area contributed by atoms with Crippen LogP contribution in [0, 0.1) is 6.92 Å². The van der Waals surface area contributed by atoms with Crippen LogP contribution >= 0.6 is 0 Å². The molecule has 0 aromatic carbocycles. The van der Waals surface area contributed by atoms with Crippen molar-refractivity contribution in [2.45, 2.75) is 32.9 Å². The molecule has 1 atom stereocenters. The monoisotopic (exact) mass is 211 g/mol. The Morgan fingerprint density at radius 3 is 2.80 bits per heavy atom. The summed E-state index contributed by atoms with van der Waals surface area (Å²) in [5.74, 6) is 1.28. The van der Waals surface area contributed by atoms with E-state index in [2.05, 4.69) is 28.9 Å². The van der Waals surface area contributed by atoms with Crippen LogP contribution in [0.1, 0.15) is 31.7 Å². The summed E-state index contributed by atoms with van der Waals surface area (Å²) in [4.78, 5) is 2.33. The van der Waals surface area contributed by atoms with Crippen molar-refractivity contribution in [1.29, 1.82) is 0 Å². The Hall–Kier alpha value is -0.940. The fourth-order valence-electron chi connectivity index (χ4n) is 1.89. The van der Waals surface area contributed by atoms with Crippen LogP contribution in [0.4, 0.5) is 0 Å². The van der Waals surface area contributed by atoms with Gasteiger partial charge in [0.15, 0.2) is 0 Å². The van der Waals surface area contributed by atoms with Gasteiger partial charge in [0.2, 0.25) is 11.8 Å². The van der Waals surface area contributed by atoms with E-state index in [9.17, 15) is 0 Å². The SMILES string of the molecule is Cc1nnc(C2COCCN2C(C)C)o1. The van der Waals surface area contributed by atoms with E-state index >= 15 is 0 Å². The molecule has 1 aromatic rings. The van der Waals surface area contributed by atoms with Crippen molar-refractivity contribution in [3.05, 3.63) is 11.8 Å². The smallest absolute Gasteiger partial charge is 0.235 e. The number of rotatable bonds is 2. The van der Waals surface area contributed by atoms with E-state index in [0.29, 0.717) is 24.4 Å². The third kappa shape index (κ3) is 2.18. The van der Waals surface area contributed by atoms with Crippen molar-refractivity contribution in [1.82, 2.24) is 15.1 Å². The minimum atomic E-state index is 0.111. The molecule has 1 aliphatic heterocycles. The summed E-state index contributed by atoms with van der Waals surface area (Å²) < 4.78 is 10.9. The zero-order chi connectivity index (χ0) is 10.8. The van der Waals surface area contributed by atoms with Crippen LogP contribution in [0.5, 0.6) is 0 Å². The summed E-state index contributed by atoms with van der Waals surface area (Å²) in [6, 6.07) is 0.575. The second kappa shape index (κ2) is 4.28. The molecule has 2 heterocycles. The van der Waals surface area contributed by atoms with E-state index in [1.165, 1.54) is 0 Å². The molecule has 15 heavy (non-hydrogen) atoms. The van der Waals surface area contributed by atoms with Crippen LogP contribution in [0.25, 0.3) is 0 Å². The highest BCUT2D eigenvalue weighted by Gasteiger charge is 2.30. The largest absolute Gasteiger partial charge is 0.424 e. The van der Waals surface area contributed by atoms with E-state index in [-0.39, 0.29) is 6.04 Å². The molecule has 1 saturated heterocycles. The predicted molar refractivity (Wildman–Crippen MR) is 54.4 cm³/mol. The quantitative estimate of drug-likeness (QED) is 0.734. The Labute approximate surface area is 89.4 Å². The molecule has 0 aliphatic carbocycles. The molecule has 0 spiro atoms. The predicted octanol–water partition coefficient (Wildman–Crippen LogP) is 1.16. The Morgan fingerprint density at radius 2 is 2.20 bits per heavy atom. The molecular formula is C10H17N3O2. The number of hydrogen-bond donors (Lipinski definition) is 0. The standard InChI is InChI=1S/C10H17N3O2/c1-7(2)13-4-5-14-6-9(13)10-12-11-8(3)15-10/h7,9H,4-6H2,1-3H3. The lowest BCUT2D eigenvalue weighted by Crippen LogP contribution is -2.43. The summed E-state index contributed by atoms with van der Waals surface area (Å²) in [6.45, 7) is 8.48. The van der Waals surface area contributed by atoms with Gasteiger partial charge in [0.05, 0.1) is 13.2 Å². The van der Waals surface area contributed by atoms with Crippen LogP contribution in [0.15, 0.2) is 4.42 Å². The molecule has 0 saturated carbocycles. The van der Waals surface area contributed by atoms with Gasteiger partial charge in [-0.15, -0.1) is 10.2 Å². The molecule has 84 valence electrons. The highest BCUT2D eigenvalue weighted by atomic mass is 16.5. The van der Waals surface area contributed by atoms with Gasteiger partial charge in [-0.25, -0.2) is 0 Å². The highest BCUT2D eigenvalue weighted by molar-refractivity contribution is 4.93. The number of aromatic nitrogens is 2. The lowest BCUT2D eigenvalue weighted by molar-refractivity contribution is -0.0329. The summed E-state index contributed by atoms with van der Waals surface area (Å²) >= 11 is 0. The molecule has 0 radical (unpaired) electrons. The molecule has 0 N–H and O–H groups in total. The van der Waals surface area contributed by atoms with Crippen LogP contribution in [-0.2, 0) is 4.74 Å². The van der Waals surface area contributed by atoms with Gasteiger partial charge in [0.1, 0.15) is 6.04 Å². The first-order chi connectivity index (χ1) is 7.18. The number of hydrogen-bond acceptors (Lipinski definition) is 5. The summed E-state index contributed by atoms with van der Waals surface area (Å²) in [7, 11) is 0. The summed E-state index contributed by atoms with van der Waals surface area (Å²) in [5.41, 5.74) is 0. The lowest BCUT2D eigenvalue weighted by Gasteiger charge is -2.36. The fourth-order valence-corrected chi connectivity index (χ4v) is 1.89. The normalized spacial score (nSPS) is 23.6. The average molecular weight is 211 g/mol. The number of nitrogens with zero attached hydrogens (tertiary/aromatic N) is 3. The minimum absolute atomic E-state index is 0.111. The maximum Gasteiger partial charge on any atom is 0.235 e. The Bertz CT molecular complexity index is 324. The van der Waals surface area contributed by atoms with Crippen LogP contribution in [-0.4, -0.2) is 40.9 Å². The number of aryl methyl sites for hydroxylation is 1. The Kier molecular flexibility index (Phi) is 3.02. The molecule has 1 aliphatic rings. The zero-order valence-corrected chi connectivity index (χ0v) is 9.43. The molecule has 2 rings (SSSR count). The number of ether oxygens (including phenoxy) is 1. The van der Waals surface area contributed by atoms with Gasteiger partial charge in [-0.1, -0.05) is 0 Å². The second-order valence-electron chi connectivity index (χ2n) is 4.08. The molecule has 0 amide bonds. The maximum atomic E-state index is 5.46. The van der Waals surface area contributed by atoms with Crippen molar-refractivity contribution < 1.29 is 9.15 Å². The minimum Gasteiger partial charge on any atom is -0.424 e. The second-order valence-corrected chi connectivity index (χ2v) is 4.08. The average Bonchev–Trinajstić information content (AvgIpc) is 2.65. The molecule has 1 aromatic heterocycles. The first kappa shape index (κ1) is 10.6. The first-order valence-electron chi connectivity index (χ1n) is 5.32. The topological polar surface area (TPSA) is 51.4 Å².